The predicted octanol–water partition coefficient (Wildman–Crippen LogP) is 5.32. The average molecular weight is 550 g/mol. The number of rotatable bonds is 8. The molecule has 7 heteroatoms. The van der Waals surface area contributed by atoms with Crippen molar-refractivity contribution in [1.29, 1.82) is 0 Å². The van der Waals surface area contributed by atoms with Gasteiger partial charge in [-0.15, -0.1) is 0 Å². The van der Waals surface area contributed by atoms with E-state index in [9.17, 15) is 14.7 Å². The molecule has 2 heterocycles. The number of aldehydes is 1. The van der Waals surface area contributed by atoms with Gasteiger partial charge in [-0.1, -0.05) is 44.9 Å². The monoisotopic (exact) mass is 549 g/mol. The minimum absolute atomic E-state index is 0.0380. The van der Waals surface area contributed by atoms with Crippen molar-refractivity contribution in [2.24, 2.45) is 45.8 Å². The summed E-state index contributed by atoms with van der Waals surface area (Å²) in [6.07, 6.45) is 7.87. The first-order chi connectivity index (χ1) is 19.2. The van der Waals surface area contributed by atoms with E-state index >= 15 is 0 Å². The summed E-state index contributed by atoms with van der Waals surface area (Å²) in [6.45, 7) is 11.0. The van der Waals surface area contributed by atoms with Crippen LogP contribution in [0.5, 0.6) is 11.5 Å². The number of benzene rings is 1. The third kappa shape index (κ3) is 3.25. The molecule has 9 atom stereocenters. The lowest BCUT2D eigenvalue weighted by atomic mass is 9.43. The Kier molecular flexibility index (Phi) is 6.00. The lowest BCUT2D eigenvalue weighted by Crippen LogP contribution is -2.63. The van der Waals surface area contributed by atoms with Crippen LogP contribution in [0.25, 0.3) is 0 Å². The number of hydrogen-bond acceptors (Lipinski definition) is 6. The number of aliphatic carboxylic acids is 1. The van der Waals surface area contributed by atoms with Crippen LogP contribution in [0, 0.1) is 45.8 Å². The maximum Gasteiger partial charge on any atom is 0.315 e. The Labute approximate surface area is 237 Å². The van der Waals surface area contributed by atoms with E-state index in [1.807, 2.05) is 6.07 Å². The zero-order chi connectivity index (χ0) is 28.0. The van der Waals surface area contributed by atoms with Crippen molar-refractivity contribution in [2.45, 2.75) is 78.5 Å². The van der Waals surface area contributed by atoms with Crippen molar-refractivity contribution in [3.63, 3.8) is 0 Å². The fourth-order valence-corrected chi connectivity index (χ4v) is 10.6. The second-order valence-corrected chi connectivity index (χ2v) is 14.1. The van der Waals surface area contributed by atoms with Crippen molar-refractivity contribution >= 4 is 12.3 Å². The molecule has 0 radical (unpaired) electrons. The number of likely N-dealkylation sites (tertiary alicyclic amines) is 1. The fourth-order valence-electron chi connectivity index (χ4n) is 10.6. The topological polar surface area (TPSA) is 85.3 Å². The van der Waals surface area contributed by atoms with Crippen molar-refractivity contribution in [2.75, 3.05) is 19.9 Å². The van der Waals surface area contributed by atoms with E-state index in [1.165, 1.54) is 5.56 Å². The van der Waals surface area contributed by atoms with Crippen LogP contribution in [-0.4, -0.2) is 54.4 Å². The number of carboxylic acid groups (broad SMARTS) is 1. The summed E-state index contributed by atoms with van der Waals surface area (Å²) in [7, 11) is 0. The smallest absolute Gasteiger partial charge is 0.315 e. The van der Waals surface area contributed by atoms with Crippen molar-refractivity contribution in [1.82, 2.24) is 4.90 Å². The Morgan fingerprint density at radius 1 is 1.20 bits per heavy atom. The first kappa shape index (κ1) is 26.5. The standard InChI is InChI=1S/C33H43NO6/c1-19(2)27-11-23-12-31(16-35)26-7-5-20(3)25(26)13-32(23,33(27,31)30(36)37)17-38-24-9-21(4)34(15-24)14-22-6-8-28-29(10-22)40-18-39-28/h6,8,10-11,16,19-21,23-26H,5,7,9,12-15,17-18H2,1-4H3,(H,36,37)/t20-,21+,23?,24-,25-,26-,31?,32?,33?/m1/s1. The Hall–Kier alpha value is -2.38. The van der Waals surface area contributed by atoms with Gasteiger partial charge in [-0.2, -0.15) is 0 Å². The number of allylic oxidation sites excluding steroid dienone is 1. The van der Waals surface area contributed by atoms with Gasteiger partial charge in [0.15, 0.2) is 11.5 Å². The molecule has 4 aliphatic carbocycles. The summed E-state index contributed by atoms with van der Waals surface area (Å²) in [5, 5.41) is 11.2. The highest BCUT2D eigenvalue weighted by atomic mass is 16.7. The van der Waals surface area contributed by atoms with E-state index in [2.05, 4.69) is 50.8 Å². The second-order valence-electron chi connectivity index (χ2n) is 14.1. The molecule has 1 aromatic rings. The molecule has 6 aliphatic rings. The van der Waals surface area contributed by atoms with Gasteiger partial charge in [0.05, 0.1) is 18.1 Å². The Morgan fingerprint density at radius 2 is 2.00 bits per heavy atom. The molecule has 216 valence electrons. The third-order valence-corrected chi connectivity index (χ3v) is 12.2. The van der Waals surface area contributed by atoms with Gasteiger partial charge in [0.25, 0.3) is 0 Å². The third-order valence-electron chi connectivity index (χ3n) is 12.2. The van der Waals surface area contributed by atoms with E-state index in [0.29, 0.717) is 30.9 Å². The van der Waals surface area contributed by atoms with Crippen molar-refractivity contribution in [3.8, 4) is 11.5 Å². The zero-order valence-electron chi connectivity index (χ0n) is 24.2. The maximum atomic E-state index is 13.7. The average Bonchev–Trinajstić information content (AvgIpc) is 3.71. The Morgan fingerprint density at radius 3 is 2.75 bits per heavy atom. The molecule has 1 saturated heterocycles. The predicted molar refractivity (Wildman–Crippen MR) is 149 cm³/mol. The minimum Gasteiger partial charge on any atom is -0.481 e. The molecule has 1 aromatic carbocycles. The first-order valence-corrected chi connectivity index (χ1v) is 15.3. The second kappa shape index (κ2) is 9.06. The lowest BCUT2D eigenvalue weighted by molar-refractivity contribution is -0.188. The number of hydrogen-bond donors (Lipinski definition) is 1. The number of fused-ring (bicyclic) bond motifs is 3. The van der Waals surface area contributed by atoms with Crippen LogP contribution >= 0.6 is 0 Å². The van der Waals surface area contributed by atoms with Gasteiger partial charge >= 0.3 is 5.97 Å². The molecule has 40 heavy (non-hydrogen) atoms. The van der Waals surface area contributed by atoms with Gasteiger partial charge in [0.1, 0.15) is 11.7 Å². The summed E-state index contributed by atoms with van der Waals surface area (Å²) < 4.78 is 17.9. The van der Waals surface area contributed by atoms with E-state index < -0.39 is 22.2 Å². The van der Waals surface area contributed by atoms with Crippen LogP contribution in [0.3, 0.4) is 0 Å². The Balaban J connectivity index is 1.16. The van der Waals surface area contributed by atoms with Crippen LogP contribution < -0.4 is 9.47 Å². The molecular formula is C33H43NO6. The highest BCUT2D eigenvalue weighted by molar-refractivity contribution is 5.90. The molecule has 3 saturated carbocycles. The van der Waals surface area contributed by atoms with Crippen LogP contribution in [0.2, 0.25) is 0 Å². The zero-order valence-corrected chi connectivity index (χ0v) is 24.2. The van der Waals surface area contributed by atoms with Crippen molar-refractivity contribution in [3.05, 3.63) is 35.4 Å². The summed E-state index contributed by atoms with van der Waals surface area (Å²) in [4.78, 5) is 29.3. The van der Waals surface area contributed by atoms with Crippen LogP contribution in [0.4, 0.5) is 0 Å². The van der Waals surface area contributed by atoms with Gasteiger partial charge in [0.2, 0.25) is 6.79 Å². The van der Waals surface area contributed by atoms with Gasteiger partial charge in [0, 0.05) is 24.5 Å². The van der Waals surface area contributed by atoms with Gasteiger partial charge in [-0.05, 0) is 79.9 Å². The molecule has 7 rings (SSSR count). The molecule has 4 unspecified atom stereocenters. The van der Waals surface area contributed by atoms with E-state index in [1.54, 1.807) is 0 Å². The van der Waals surface area contributed by atoms with Crippen LogP contribution in [-0.2, 0) is 20.9 Å². The quantitative estimate of drug-likeness (QED) is 0.347. The normalized spacial score (nSPS) is 42.9. The molecule has 1 N–H and O–H groups in total. The SMILES string of the molecule is CC(C)C1=CC2CC3(C=O)[C@@H]4CC[C@@H](C)[C@H]4CC2(CO[C@@H]2C[C@H](C)N(Cc4ccc5c(c4)OCO5)C2)C13C(=O)O. The molecule has 4 bridgehead atoms. The highest BCUT2D eigenvalue weighted by Gasteiger charge is 2.84. The van der Waals surface area contributed by atoms with Crippen LogP contribution in [0.1, 0.15) is 65.4 Å². The Bertz CT molecular complexity index is 1260. The summed E-state index contributed by atoms with van der Waals surface area (Å²) >= 11 is 0. The summed E-state index contributed by atoms with van der Waals surface area (Å²) in [5.74, 6) is 2.01. The van der Waals surface area contributed by atoms with E-state index in [4.69, 9.17) is 14.2 Å². The summed E-state index contributed by atoms with van der Waals surface area (Å²) in [6, 6.07) is 6.49. The van der Waals surface area contributed by atoms with E-state index in [0.717, 1.165) is 62.1 Å². The molecule has 7 nitrogen and oxygen atoms in total. The number of ether oxygens (including phenoxy) is 3. The van der Waals surface area contributed by atoms with Crippen LogP contribution in [0.15, 0.2) is 29.8 Å². The fraction of sp³-hybridized carbons (Fsp3) is 0.697. The van der Waals surface area contributed by atoms with E-state index in [-0.39, 0.29) is 30.7 Å². The lowest BCUT2D eigenvalue weighted by Gasteiger charge is -2.58. The maximum absolute atomic E-state index is 13.7. The first-order valence-electron chi connectivity index (χ1n) is 15.3. The number of nitrogens with zero attached hydrogens (tertiary/aromatic N) is 1. The minimum atomic E-state index is -1.16. The molecule has 4 fully saturated rings. The van der Waals surface area contributed by atoms with Gasteiger partial charge in [-0.3, -0.25) is 9.69 Å². The number of carboxylic acids is 1. The van der Waals surface area contributed by atoms with Crippen molar-refractivity contribution < 1.29 is 28.9 Å². The van der Waals surface area contributed by atoms with Gasteiger partial charge in [-0.25, -0.2) is 0 Å². The van der Waals surface area contributed by atoms with Gasteiger partial charge < -0.3 is 24.1 Å². The highest BCUT2D eigenvalue weighted by Crippen LogP contribution is 2.82. The molecule has 0 aromatic heterocycles. The largest absolute Gasteiger partial charge is 0.481 e. The molecule has 0 spiro atoms. The molecular weight excluding hydrogens is 506 g/mol. The molecule has 0 amide bonds. The number of carbonyl (C=O) groups excluding carboxylic acids is 1. The molecule has 2 aliphatic heterocycles. The summed E-state index contributed by atoms with van der Waals surface area (Å²) in [5.41, 5.74) is -0.392. The number of carbonyl (C=O) groups is 2.